The van der Waals surface area contributed by atoms with Gasteiger partial charge in [-0.3, -0.25) is 14.5 Å². The van der Waals surface area contributed by atoms with E-state index in [1.165, 1.54) is 17.2 Å². The molecule has 4 rings (SSSR count). The molecular weight excluding hydrogens is 397 g/mol. The monoisotopic (exact) mass is 417 g/mol. The highest BCUT2D eigenvalue weighted by Crippen LogP contribution is 2.31. The van der Waals surface area contributed by atoms with Crippen LogP contribution in [0.1, 0.15) is 16.7 Å². The van der Waals surface area contributed by atoms with Crippen molar-refractivity contribution in [3.8, 4) is 0 Å². The highest BCUT2D eigenvalue weighted by Gasteiger charge is 2.47. The highest BCUT2D eigenvalue weighted by atomic mass is 35.5. The zero-order valence-corrected chi connectivity index (χ0v) is 16.9. The van der Waals surface area contributed by atoms with E-state index in [1.807, 2.05) is 0 Å². The standard InChI is InChI=1S/C21H21ClFN3O3/c1-12-3-4-14(6-17(12)23)8-25-18(27)9-26(20-13(2)5-16(22)7-24-20)21(28)19(25)15-10-29-11-15/h3-7,15,19H,8-11H2,1-2H3/t19-/m0/s1. The third-order valence-corrected chi connectivity index (χ3v) is 5.65. The van der Waals surface area contributed by atoms with E-state index in [9.17, 15) is 14.0 Å². The molecule has 0 unspecified atom stereocenters. The molecule has 2 fully saturated rings. The SMILES string of the molecule is Cc1ccc(CN2C(=O)CN(c3ncc(Cl)cc3C)C(=O)[C@@H]2C2COC2)cc1F. The lowest BCUT2D eigenvalue weighted by molar-refractivity contribution is -0.155. The van der Waals surface area contributed by atoms with Crippen molar-refractivity contribution in [3.05, 3.63) is 58.0 Å². The van der Waals surface area contributed by atoms with E-state index in [-0.39, 0.29) is 36.6 Å². The van der Waals surface area contributed by atoms with Crippen LogP contribution in [0.15, 0.2) is 30.5 Å². The summed E-state index contributed by atoms with van der Waals surface area (Å²) in [7, 11) is 0. The van der Waals surface area contributed by atoms with Crippen molar-refractivity contribution in [2.75, 3.05) is 24.7 Å². The van der Waals surface area contributed by atoms with E-state index in [4.69, 9.17) is 16.3 Å². The minimum Gasteiger partial charge on any atom is -0.380 e. The van der Waals surface area contributed by atoms with Crippen molar-refractivity contribution in [1.82, 2.24) is 9.88 Å². The molecule has 2 amide bonds. The summed E-state index contributed by atoms with van der Waals surface area (Å²) < 4.78 is 19.3. The first-order chi connectivity index (χ1) is 13.8. The number of carbonyl (C=O) groups is 2. The van der Waals surface area contributed by atoms with E-state index in [0.29, 0.717) is 35.2 Å². The molecule has 0 spiro atoms. The summed E-state index contributed by atoms with van der Waals surface area (Å²) in [4.78, 5) is 33.7. The molecule has 3 heterocycles. The number of rotatable bonds is 4. The summed E-state index contributed by atoms with van der Waals surface area (Å²) in [6, 6.07) is 5.91. The van der Waals surface area contributed by atoms with Gasteiger partial charge in [-0.05, 0) is 42.7 Å². The van der Waals surface area contributed by atoms with E-state index in [2.05, 4.69) is 4.98 Å². The van der Waals surface area contributed by atoms with Gasteiger partial charge in [-0.15, -0.1) is 0 Å². The number of aryl methyl sites for hydroxylation is 2. The predicted molar refractivity (Wildman–Crippen MR) is 106 cm³/mol. The van der Waals surface area contributed by atoms with Crippen molar-refractivity contribution in [2.45, 2.75) is 26.4 Å². The predicted octanol–water partition coefficient (Wildman–Crippen LogP) is 2.88. The number of halogens is 2. The minimum absolute atomic E-state index is 0.0999. The third-order valence-electron chi connectivity index (χ3n) is 5.44. The molecule has 29 heavy (non-hydrogen) atoms. The number of piperazine rings is 1. The molecule has 2 saturated heterocycles. The Kier molecular flexibility index (Phi) is 5.27. The van der Waals surface area contributed by atoms with Crippen molar-refractivity contribution < 1.29 is 18.7 Å². The average molecular weight is 418 g/mol. The van der Waals surface area contributed by atoms with Crippen LogP contribution in [0.5, 0.6) is 0 Å². The van der Waals surface area contributed by atoms with Gasteiger partial charge in [0.1, 0.15) is 24.2 Å². The molecule has 0 saturated carbocycles. The Hall–Kier alpha value is -2.51. The lowest BCUT2D eigenvalue weighted by Gasteiger charge is -2.45. The van der Waals surface area contributed by atoms with Gasteiger partial charge in [0.05, 0.1) is 18.2 Å². The van der Waals surface area contributed by atoms with Crippen LogP contribution in [0.2, 0.25) is 5.02 Å². The quantitative estimate of drug-likeness (QED) is 0.767. The first kappa shape index (κ1) is 19.8. The number of pyridine rings is 1. The molecule has 1 aromatic heterocycles. The van der Waals surface area contributed by atoms with Crippen molar-refractivity contribution >= 4 is 29.2 Å². The number of hydrogen-bond acceptors (Lipinski definition) is 4. The van der Waals surface area contributed by atoms with Crippen LogP contribution in [0.25, 0.3) is 0 Å². The molecule has 0 N–H and O–H groups in total. The number of ether oxygens (including phenoxy) is 1. The maximum atomic E-state index is 14.0. The van der Waals surface area contributed by atoms with Crippen LogP contribution in [0, 0.1) is 25.6 Å². The first-order valence-corrected chi connectivity index (χ1v) is 9.78. The summed E-state index contributed by atoms with van der Waals surface area (Å²) >= 11 is 5.98. The zero-order valence-electron chi connectivity index (χ0n) is 16.2. The number of carbonyl (C=O) groups excluding carboxylic acids is 2. The second kappa shape index (κ2) is 7.72. The highest BCUT2D eigenvalue weighted by molar-refractivity contribution is 6.30. The largest absolute Gasteiger partial charge is 0.380 e. The number of amides is 2. The van der Waals surface area contributed by atoms with Gasteiger partial charge in [0.25, 0.3) is 5.91 Å². The number of anilines is 1. The number of hydrogen-bond donors (Lipinski definition) is 0. The van der Waals surface area contributed by atoms with Gasteiger partial charge in [0, 0.05) is 18.7 Å². The van der Waals surface area contributed by atoms with Crippen molar-refractivity contribution in [3.63, 3.8) is 0 Å². The summed E-state index contributed by atoms with van der Waals surface area (Å²) in [5.41, 5.74) is 1.90. The maximum absolute atomic E-state index is 14.0. The number of nitrogens with zero attached hydrogens (tertiary/aromatic N) is 3. The molecule has 1 aromatic carbocycles. The summed E-state index contributed by atoms with van der Waals surface area (Å²) in [6.07, 6.45) is 1.46. The van der Waals surface area contributed by atoms with Crippen LogP contribution in [0.3, 0.4) is 0 Å². The molecule has 152 valence electrons. The van der Waals surface area contributed by atoms with Gasteiger partial charge in [-0.1, -0.05) is 23.7 Å². The molecule has 2 aromatic rings. The summed E-state index contributed by atoms with van der Waals surface area (Å²) in [5, 5.41) is 0.467. The normalized spacial score (nSPS) is 20.2. The Morgan fingerprint density at radius 2 is 1.97 bits per heavy atom. The molecule has 0 bridgehead atoms. The van der Waals surface area contributed by atoms with Crippen molar-refractivity contribution in [2.24, 2.45) is 5.92 Å². The topological polar surface area (TPSA) is 62.7 Å². The fourth-order valence-corrected chi connectivity index (χ4v) is 3.97. The Morgan fingerprint density at radius 1 is 1.21 bits per heavy atom. The smallest absolute Gasteiger partial charge is 0.251 e. The lowest BCUT2D eigenvalue weighted by atomic mass is 9.92. The van der Waals surface area contributed by atoms with Crippen LogP contribution >= 0.6 is 11.6 Å². The summed E-state index contributed by atoms with van der Waals surface area (Å²) in [5.74, 6) is -0.414. The Labute approximate surface area is 173 Å². The van der Waals surface area contributed by atoms with Gasteiger partial charge in [0.15, 0.2) is 0 Å². The second-order valence-electron chi connectivity index (χ2n) is 7.57. The zero-order chi connectivity index (χ0) is 20.7. The van der Waals surface area contributed by atoms with Crippen molar-refractivity contribution in [1.29, 1.82) is 0 Å². The molecule has 6 nitrogen and oxygen atoms in total. The van der Waals surface area contributed by atoms with Gasteiger partial charge >= 0.3 is 0 Å². The van der Waals surface area contributed by atoms with Crippen LogP contribution in [-0.2, 0) is 20.9 Å². The van der Waals surface area contributed by atoms with Crippen LogP contribution < -0.4 is 4.90 Å². The van der Waals surface area contributed by atoms with E-state index in [0.717, 1.165) is 5.56 Å². The van der Waals surface area contributed by atoms with Crippen LogP contribution in [-0.4, -0.2) is 47.5 Å². The van der Waals surface area contributed by atoms with Gasteiger partial charge in [-0.25, -0.2) is 9.37 Å². The fraction of sp³-hybridized carbons (Fsp3) is 0.381. The molecule has 0 aliphatic carbocycles. The molecule has 8 heteroatoms. The third kappa shape index (κ3) is 3.72. The molecule has 0 radical (unpaired) electrons. The van der Waals surface area contributed by atoms with E-state index >= 15 is 0 Å². The Morgan fingerprint density at radius 3 is 2.59 bits per heavy atom. The fourth-order valence-electron chi connectivity index (χ4n) is 3.76. The average Bonchev–Trinajstić information content (AvgIpc) is 2.62. The summed E-state index contributed by atoms with van der Waals surface area (Å²) in [6.45, 7) is 4.35. The Balaban J connectivity index is 1.66. The maximum Gasteiger partial charge on any atom is 0.251 e. The minimum atomic E-state index is -0.675. The molecule has 1 atom stereocenters. The Bertz CT molecular complexity index is 980. The molecule has 2 aliphatic heterocycles. The second-order valence-corrected chi connectivity index (χ2v) is 8.00. The number of aromatic nitrogens is 1. The molecule has 2 aliphatic rings. The van der Waals surface area contributed by atoms with Gasteiger partial charge in [0.2, 0.25) is 5.91 Å². The van der Waals surface area contributed by atoms with Crippen LogP contribution in [0.4, 0.5) is 10.2 Å². The van der Waals surface area contributed by atoms with Gasteiger partial charge in [-0.2, -0.15) is 0 Å². The van der Waals surface area contributed by atoms with E-state index in [1.54, 1.807) is 36.9 Å². The molecular formula is C21H21ClFN3O3. The lowest BCUT2D eigenvalue weighted by Crippen LogP contribution is -2.65. The first-order valence-electron chi connectivity index (χ1n) is 9.41. The van der Waals surface area contributed by atoms with Gasteiger partial charge < -0.3 is 9.64 Å². The number of benzene rings is 1. The van der Waals surface area contributed by atoms with E-state index < -0.39 is 6.04 Å².